The Bertz CT molecular complexity index is 516. The molecule has 2 unspecified atom stereocenters. The second-order valence-corrected chi connectivity index (χ2v) is 7.57. The molecule has 5 heteroatoms. The minimum Gasteiger partial charge on any atom is -0.313 e. The summed E-state index contributed by atoms with van der Waals surface area (Å²) in [5, 5.41) is 3.64. The molecule has 0 aromatic heterocycles. The van der Waals surface area contributed by atoms with E-state index in [2.05, 4.69) is 26.1 Å². The van der Waals surface area contributed by atoms with Crippen LogP contribution in [-0.4, -0.2) is 26.8 Å². The van der Waals surface area contributed by atoms with Crippen LogP contribution in [0.4, 0.5) is 0 Å². The highest BCUT2D eigenvalue weighted by molar-refractivity contribution is 7.91. The number of rotatable bonds is 8. The molecule has 0 radical (unpaired) electrons. The van der Waals surface area contributed by atoms with Crippen molar-refractivity contribution in [1.82, 2.24) is 5.32 Å². The van der Waals surface area contributed by atoms with Gasteiger partial charge in [0.1, 0.15) is 0 Å². The fourth-order valence-electron chi connectivity index (χ4n) is 2.06. The molecule has 1 rings (SSSR count). The standard InChI is InChI=1S/C15H24ClNO2S/c1-4-10-17-14(12(3)5-2)11-20(18,19)15-9-7-6-8-13(15)16/h6-9,12,14,17H,4-5,10-11H2,1-3H3. The van der Waals surface area contributed by atoms with Crippen LogP contribution in [0.3, 0.4) is 0 Å². The lowest BCUT2D eigenvalue weighted by molar-refractivity contribution is 0.391. The minimum atomic E-state index is -3.37. The van der Waals surface area contributed by atoms with Gasteiger partial charge in [0, 0.05) is 6.04 Å². The maximum Gasteiger partial charge on any atom is 0.181 e. The zero-order chi connectivity index (χ0) is 15.2. The van der Waals surface area contributed by atoms with Crippen LogP contribution in [0, 0.1) is 5.92 Å². The van der Waals surface area contributed by atoms with E-state index in [0.29, 0.717) is 10.9 Å². The molecule has 0 bridgehead atoms. The SMILES string of the molecule is CCCNC(CS(=O)(=O)c1ccccc1Cl)C(C)CC. The number of halogens is 1. The van der Waals surface area contributed by atoms with Gasteiger partial charge in [0.15, 0.2) is 9.84 Å². The topological polar surface area (TPSA) is 46.2 Å². The van der Waals surface area contributed by atoms with Gasteiger partial charge in [-0.2, -0.15) is 0 Å². The van der Waals surface area contributed by atoms with E-state index < -0.39 is 9.84 Å². The summed E-state index contributed by atoms with van der Waals surface area (Å²) >= 11 is 6.01. The molecule has 0 fully saturated rings. The third-order valence-corrected chi connectivity index (χ3v) is 5.82. The molecular weight excluding hydrogens is 294 g/mol. The highest BCUT2D eigenvalue weighted by Gasteiger charge is 2.25. The van der Waals surface area contributed by atoms with Crippen molar-refractivity contribution in [3.8, 4) is 0 Å². The number of hydrogen-bond acceptors (Lipinski definition) is 3. The van der Waals surface area contributed by atoms with Crippen molar-refractivity contribution in [3.63, 3.8) is 0 Å². The molecule has 0 heterocycles. The Hall–Kier alpha value is -0.580. The maximum absolute atomic E-state index is 12.5. The molecule has 20 heavy (non-hydrogen) atoms. The number of nitrogens with one attached hydrogen (secondary N) is 1. The molecule has 1 aromatic carbocycles. The quantitative estimate of drug-likeness (QED) is 0.798. The zero-order valence-corrected chi connectivity index (χ0v) is 14.0. The van der Waals surface area contributed by atoms with Gasteiger partial charge in [-0.05, 0) is 31.0 Å². The third-order valence-electron chi connectivity index (χ3n) is 3.56. The summed E-state index contributed by atoms with van der Waals surface area (Å²) in [5.74, 6) is 0.393. The van der Waals surface area contributed by atoms with Gasteiger partial charge >= 0.3 is 0 Å². The van der Waals surface area contributed by atoms with Crippen LogP contribution in [0.2, 0.25) is 5.02 Å². The molecule has 2 atom stereocenters. The highest BCUT2D eigenvalue weighted by atomic mass is 35.5. The minimum absolute atomic E-state index is 0.0405. The summed E-state index contributed by atoms with van der Waals surface area (Å²) in [4.78, 5) is 0.230. The van der Waals surface area contributed by atoms with Crippen LogP contribution in [0.25, 0.3) is 0 Å². The Labute approximate surface area is 127 Å². The zero-order valence-electron chi connectivity index (χ0n) is 12.4. The molecule has 1 aromatic rings. The monoisotopic (exact) mass is 317 g/mol. The molecule has 0 aliphatic heterocycles. The van der Waals surface area contributed by atoms with Gasteiger partial charge in [-0.1, -0.05) is 50.9 Å². The molecular formula is C15H24ClNO2S. The lowest BCUT2D eigenvalue weighted by atomic mass is 10.0. The van der Waals surface area contributed by atoms with E-state index in [1.165, 1.54) is 0 Å². The maximum atomic E-state index is 12.5. The van der Waals surface area contributed by atoms with E-state index in [1.807, 2.05) is 0 Å². The summed E-state index contributed by atoms with van der Waals surface area (Å²) in [6.45, 7) is 7.05. The van der Waals surface area contributed by atoms with E-state index in [1.54, 1.807) is 24.3 Å². The van der Waals surface area contributed by atoms with Gasteiger partial charge in [0.2, 0.25) is 0 Å². The van der Waals surface area contributed by atoms with E-state index in [4.69, 9.17) is 11.6 Å². The van der Waals surface area contributed by atoms with Gasteiger partial charge in [-0.3, -0.25) is 0 Å². The van der Waals surface area contributed by atoms with Crippen LogP contribution in [0.5, 0.6) is 0 Å². The van der Waals surface area contributed by atoms with Crippen molar-refractivity contribution >= 4 is 21.4 Å². The fraction of sp³-hybridized carbons (Fsp3) is 0.600. The molecule has 0 amide bonds. The van der Waals surface area contributed by atoms with Crippen LogP contribution in [0.15, 0.2) is 29.2 Å². The van der Waals surface area contributed by atoms with Crippen LogP contribution in [-0.2, 0) is 9.84 Å². The highest BCUT2D eigenvalue weighted by Crippen LogP contribution is 2.23. The Morgan fingerprint density at radius 1 is 1.25 bits per heavy atom. The van der Waals surface area contributed by atoms with Gasteiger partial charge in [-0.15, -0.1) is 0 Å². The summed E-state index contributed by atoms with van der Waals surface area (Å²) < 4.78 is 25.0. The average Bonchev–Trinajstić information content (AvgIpc) is 2.42. The van der Waals surface area contributed by atoms with Gasteiger partial charge in [-0.25, -0.2) is 8.42 Å². The van der Waals surface area contributed by atoms with E-state index in [9.17, 15) is 8.42 Å². The normalized spacial score (nSPS) is 15.0. The largest absolute Gasteiger partial charge is 0.313 e. The molecule has 0 saturated carbocycles. The summed E-state index contributed by atoms with van der Waals surface area (Å²) in [6.07, 6.45) is 1.93. The van der Waals surface area contributed by atoms with E-state index in [0.717, 1.165) is 19.4 Å². The molecule has 1 N–H and O–H groups in total. The Morgan fingerprint density at radius 2 is 1.90 bits per heavy atom. The number of hydrogen-bond donors (Lipinski definition) is 1. The summed E-state index contributed by atoms with van der Waals surface area (Å²) in [5.41, 5.74) is 0. The first-order chi connectivity index (χ1) is 9.42. The predicted octanol–water partition coefficient (Wildman–Crippen LogP) is 3.53. The second-order valence-electron chi connectivity index (χ2n) is 5.16. The predicted molar refractivity (Wildman–Crippen MR) is 85.0 cm³/mol. The molecule has 0 aliphatic carbocycles. The average molecular weight is 318 g/mol. The second kappa shape index (κ2) is 8.01. The van der Waals surface area contributed by atoms with Gasteiger partial charge < -0.3 is 5.32 Å². The van der Waals surface area contributed by atoms with Crippen molar-refractivity contribution in [1.29, 1.82) is 0 Å². The lowest BCUT2D eigenvalue weighted by Crippen LogP contribution is -2.41. The van der Waals surface area contributed by atoms with Crippen molar-refractivity contribution in [2.24, 2.45) is 5.92 Å². The molecule has 0 spiro atoms. The Balaban J connectivity index is 2.94. The van der Waals surface area contributed by atoms with Crippen LogP contribution >= 0.6 is 11.6 Å². The number of sulfone groups is 1. The van der Waals surface area contributed by atoms with E-state index >= 15 is 0 Å². The van der Waals surface area contributed by atoms with Crippen molar-refractivity contribution in [3.05, 3.63) is 29.3 Å². The first-order valence-corrected chi connectivity index (χ1v) is 9.16. The first kappa shape index (κ1) is 17.5. The third kappa shape index (κ3) is 4.76. The Kier molecular flexibility index (Phi) is 7.00. The molecule has 114 valence electrons. The lowest BCUT2D eigenvalue weighted by Gasteiger charge is -2.24. The van der Waals surface area contributed by atoms with Crippen molar-refractivity contribution < 1.29 is 8.42 Å². The first-order valence-electron chi connectivity index (χ1n) is 7.13. The summed E-state index contributed by atoms with van der Waals surface area (Å²) in [7, 11) is -3.37. The molecule has 3 nitrogen and oxygen atoms in total. The van der Waals surface area contributed by atoms with Crippen LogP contribution < -0.4 is 5.32 Å². The van der Waals surface area contributed by atoms with Crippen molar-refractivity contribution in [2.75, 3.05) is 12.3 Å². The summed E-state index contributed by atoms with van der Waals surface area (Å²) in [6, 6.07) is 6.60. The smallest absolute Gasteiger partial charge is 0.181 e. The Morgan fingerprint density at radius 3 is 2.45 bits per heavy atom. The van der Waals surface area contributed by atoms with Crippen LogP contribution in [0.1, 0.15) is 33.6 Å². The van der Waals surface area contributed by atoms with Gasteiger partial charge in [0.25, 0.3) is 0 Å². The van der Waals surface area contributed by atoms with Crippen molar-refractivity contribution in [2.45, 2.75) is 44.6 Å². The fourth-order valence-corrected chi connectivity index (χ4v) is 4.30. The van der Waals surface area contributed by atoms with Gasteiger partial charge in [0.05, 0.1) is 15.7 Å². The molecule has 0 saturated heterocycles. The number of benzene rings is 1. The van der Waals surface area contributed by atoms with E-state index in [-0.39, 0.29) is 16.7 Å². The molecule has 0 aliphatic rings.